The summed E-state index contributed by atoms with van der Waals surface area (Å²) >= 11 is 5.76. The minimum Gasteiger partial charge on any atom is -0.439 e. The molecule has 3 aromatic rings. The van der Waals surface area contributed by atoms with Crippen molar-refractivity contribution in [3.8, 4) is 11.6 Å². The lowest BCUT2D eigenvalue weighted by Crippen LogP contribution is -2.41. The fourth-order valence-electron chi connectivity index (χ4n) is 4.24. The summed E-state index contributed by atoms with van der Waals surface area (Å²) < 4.78 is 46.9. The Labute approximate surface area is 208 Å². The average molecular weight is 519 g/mol. The van der Waals surface area contributed by atoms with E-state index in [2.05, 4.69) is 35.5 Å². The van der Waals surface area contributed by atoms with E-state index in [0.717, 1.165) is 12.5 Å². The highest BCUT2D eigenvalue weighted by atomic mass is 35.5. The van der Waals surface area contributed by atoms with Crippen LogP contribution in [0.1, 0.15) is 37.6 Å². The van der Waals surface area contributed by atoms with Crippen LogP contribution in [-0.4, -0.2) is 36.4 Å². The van der Waals surface area contributed by atoms with E-state index in [1.54, 1.807) is 12.3 Å². The second-order valence-electron chi connectivity index (χ2n) is 9.03. The molecule has 0 saturated carbocycles. The molecule has 0 spiro atoms. The molecule has 184 valence electrons. The summed E-state index contributed by atoms with van der Waals surface area (Å²) in [6, 6.07) is 10.9. The molecule has 0 bridgehead atoms. The third-order valence-corrected chi connectivity index (χ3v) is 7.20. The number of hydrogen-bond acceptors (Lipinski definition) is 7. The molecule has 3 heterocycles. The molecule has 8 nitrogen and oxygen atoms in total. The first kappa shape index (κ1) is 24.9. The van der Waals surface area contributed by atoms with Crippen molar-refractivity contribution in [1.82, 2.24) is 14.7 Å². The third kappa shape index (κ3) is 5.38. The van der Waals surface area contributed by atoms with Crippen LogP contribution in [-0.2, 0) is 10.0 Å². The largest absolute Gasteiger partial charge is 0.439 e. The number of rotatable bonds is 6. The monoisotopic (exact) mass is 518 g/mol. The zero-order valence-electron chi connectivity index (χ0n) is 19.3. The number of benzene rings is 1. The van der Waals surface area contributed by atoms with Crippen molar-refractivity contribution in [3.63, 3.8) is 0 Å². The number of sulfonamides is 1. The molecule has 11 heteroatoms. The zero-order valence-corrected chi connectivity index (χ0v) is 20.9. The summed E-state index contributed by atoms with van der Waals surface area (Å²) in [6.45, 7) is 6.95. The summed E-state index contributed by atoms with van der Waals surface area (Å²) in [7, 11) is -4.34. The first-order chi connectivity index (χ1) is 16.5. The lowest BCUT2D eigenvalue weighted by Gasteiger charge is -2.33. The summed E-state index contributed by atoms with van der Waals surface area (Å²) in [5, 5.41) is -0.571. The quantitative estimate of drug-likeness (QED) is 0.500. The Bertz CT molecular complexity index is 1380. The molecule has 1 amide bonds. The van der Waals surface area contributed by atoms with Crippen LogP contribution < -0.4 is 14.4 Å². The number of nitrogens with zero attached hydrogens (tertiary/aromatic N) is 3. The fourth-order valence-corrected chi connectivity index (χ4v) is 5.34. The Morgan fingerprint density at radius 2 is 2.00 bits per heavy atom. The number of amides is 1. The highest BCUT2D eigenvalue weighted by Crippen LogP contribution is 2.37. The normalized spacial score (nSPS) is 17.3. The summed E-state index contributed by atoms with van der Waals surface area (Å²) in [5.74, 6) is -0.514. The summed E-state index contributed by atoms with van der Waals surface area (Å²) in [4.78, 5) is 23.5. The molecular formula is C24H24ClFN4O4S. The second kappa shape index (κ2) is 9.43. The molecule has 0 radical (unpaired) electrons. The van der Waals surface area contributed by atoms with E-state index in [1.165, 1.54) is 36.4 Å². The van der Waals surface area contributed by atoms with Crippen LogP contribution in [0.15, 0.2) is 59.8 Å². The van der Waals surface area contributed by atoms with Gasteiger partial charge in [0, 0.05) is 30.4 Å². The van der Waals surface area contributed by atoms with E-state index in [0.29, 0.717) is 18.3 Å². The van der Waals surface area contributed by atoms with Gasteiger partial charge in [0.05, 0.1) is 10.6 Å². The molecule has 0 aliphatic carbocycles. The van der Waals surface area contributed by atoms with E-state index < -0.39 is 26.8 Å². The van der Waals surface area contributed by atoms with Gasteiger partial charge in [0.15, 0.2) is 5.03 Å². The molecule has 1 fully saturated rings. The average Bonchev–Trinajstić information content (AvgIpc) is 3.08. The summed E-state index contributed by atoms with van der Waals surface area (Å²) in [5.41, 5.74) is -0.0929. The minimum absolute atomic E-state index is 0.0714. The van der Waals surface area contributed by atoms with Gasteiger partial charge >= 0.3 is 0 Å². The Morgan fingerprint density at radius 3 is 2.69 bits per heavy atom. The topological polar surface area (TPSA) is 101 Å². The van der Waals surface area contributed by atoms with Gasteiger partial charge in [-0.25, -0.2) is 14.1 Å². The molecule has 2 aromatic heterocycles. The van der Waals surface area contributed by atoms with E-state index in [9.17, 15) is 17.6 Å². The second-order valence-corrected chi connectivity index (χ2v) is 11.1. The smallest absolute Gasteiger partial charge is 0.281 e. The Hall–Kier alpha value is -3.24. The van der Waals surface area contributed by atoms with Crippen molar-refractivity contribution in [2.24, 2.45) is 5.92 Å². The van der Waals surface area contributed by atoms with Crippen LogP contribution in [0, 0.1) is 11.7 Å². The molecule has 1 aromatic carbocycles. The van der Waals surface area contributed by atoms with E-state index in [4.69, 9.17) is 16.3 Å². The van der Waals surface area contributed by atoms with Gasteiger partial charge in [-0.1, -0.05) is 24.6 Å². The third-order valence-electron chi connectivity index (χ3n) is 5.67. The maximum Gasteiger partial charge on any atom is 0.281 e. The molecular weight excluding hydrogens is 495 g/mol. The standard InChI is InChI=1S/C24H24ClFN4O4S/c1-15-13-24(2,3)30(14-15)22-17(6-5-11-27-22)23(31)29-35(32,33)21-8-4-7-20(28-21)34-16-9-10-19(26)18(25)12-16/h4-12,15H,13-14H2,1-3H3,(H,29,31). The van der Waals surface area contributed by atoms with Crippen molar-refractivity contribution >= 4 is 33.3 Å². The first-order valence-electron chi connectivity index (χ1n) is 10.9. The van der Waals surface area contributed by atoms with E-state index in [-0.39, 0.29) is 27.8 Å². The molecule has 4 rings (SSSR count). The number of aromatic nitrogens is 2. The van der Waals surface area contributed by atoms with Crippen LogP contribution in [0.4, 0.5) is 10.2 Å². The Balaban J connectivity index is 1.57. The fraction of sp³-hybridized carbons (Fsp3) is 0.292. The van der Waals surface area contributed by atoms with Crippen LogP contribution in [0.5, 0.6) is 11.6 Å². The van der Waals surface area contributed by atoms with Gasteiger partial charge in [-0.15, -0.1) is 0 Å². The van der Waals surface area contributed by atoms with Gasteiger partial charge in [0.1, 0.15) is 17.4 Å². The lowest BCUT2D eigenvalue weighted by molar-refractivity contribution is 0.0981. The maximum atomic E-state index is 13.4. The van der Waals surface area contributed by atoms with Crippen molar-refractivity contribution in [3.05, 3.63) is 71.1 Å². The minimum atomic E-state index is -4.34. The molecule has 35 heavy (non-hydrogen) atoms. The number of halogens is 2. The van der Waals surface area contributed by atoms with Crippen molar-refractivity contribution in [1.29, 1.82) is 0 Å². The number of anilines is 1. The number of ether oxygens (including phenoxy) is 1. The molecule has 1 atom stereocenters. The molecule has 1 aliphatic heterocycles. The molecule has 1 N–H and O–H groups in total. The van der Waals surface area contributed by atoms with Crippen LogP contribution in [0.25, 0.3) is 0 Å². The van der Waals surface area contributed by atoms with Crippen LogP contribution in [0.2, 0.25) is 5.02 Å². The van der Waals surface area contributed by atoms with Gasteiger partial charge in [0.2, 0.25) is 5.88 Å². The molecule has 1 aliphatic rings. The van der Waals surface area contributed by atoms with Gasteiger partial charge in [0.25, 0.3) is 15.9 Å². The van der Waals surface area contributed by atoms with Crippen LogP contribution >= 0.6 is 11.6 Å². The van der Waals surface area contributed by atoms with Gasteiger partial charge in [-0.3, -0.25) is 4.79 Å². The number of nitrogens with one attached hydrogen (secondary N) is 1. The molecule has 1 unspecified atom stereocenters. The predicted molar refractivity (Wildman–Crippen MR) is 130 cm³/mol. The number of carbonyl (C=O) groups is 1. The Kier molecular flexibility index (Phi) is 6.70. The molecule has 1 saturated heterocycles. The van der Waals surface area contributed by atoms with Crippen LogP contribution in [0.3, 0.4) is 0 Å². The summed E-state index contributed by atoms with van der Waals surface area (Å²) in [6.07, 6.45) is 2.49. The lowest BCUT2D eigenvalue weighted by atomic mass is 9.97. The van der Waals surface area contributed by atoms with Crippen molar-refractivity contribution in [2.75, 3.05) is 11.4 Å². The highest BCUT2D eigenvalue weighted by Gasteiger charge is 2.39. The zero-order chi connectivity index (χ0) is 25.4. The first-order valence-corrected chi connectivity index (χ1v) is 12.7. The Morgan fingerprint density at radius 1 is 1.23 bits per heavy atom. The van der Waals surface area contributed by atoms with E-state index in [1.807, 2.05) is 4.90 Å². The van der Waals surface area contributed by atoms with Crippen molar-refractivity contribution in [2.45, 2.75) is 37.8 Å². The van der Waals surface area contributed by atoms with E-state index >= 15 is 0 Å². The number of pyridine rings is 2. The number of carbonyl (C=O) groups excluding carboxylic acids is 1. The number of hydrogen-bond donors (Lipinski definition) is 1. The van der Waals surface area contributed by atoms with Gasteiger partial charge in [-0.05, 0) is 56.5 Å². The van der Waals surface area contributed by atoms with Gasteiger partial charge in [-0.2, -0.15) is 13.4 Å². The highest BCUT2D eigenvalue weighted by molar-refractivity contribution is 7.90. The van der Waals surface area contributed by atoms with Gasteiger partial charge < -0.3 is 9.64 Å². The maximum absolute atomic E-state index is 13.4. The SMILES string of the molecule is CC1CN(c2ncccc2C(=O)NS(=O)(=O)c2cccc(Oc3ccc(F)c(Cl)c3)n2)C(C)(C)C1. The predicted octanol–water partition coefficient (Wildman–Crippen LogP) is 4.80. The van der Waals surface area contributed by atoms with Crippen molar-refractivity contribution < 1.29 is 22.3 Å².